The molecule has 2 aromatic carbocycles. The zero-order valence-corrected chi connectivity index (χ0v) is 24.1. The van der Waals surface area contributed by atoms with E-state index in [-0.39, 0.29) is 39.4 Å². The van der Waals surface area contributed by atoms with E-state index in [1.807, 2.05) is 44.2 Å². The third-order valence-corrected chi connectivity index (χ3v) is 9.55. The molecule has 0 bridgehead atoms. The molecule has 1 aromatic heterocycles. The molecule has 1 N–H and O–H groups in total. The summed E-state index contributed by atoms with van der Waals surface area (Å²) in [5.41, 5.74) is 2.30. The number of carbonyl (C=O) groups is 2. The van der Waals surface area contributed by atoms with Crippen LogP contribution in [0.2, 0.25) is 0 Å². The largest absolute Gasteiger partial charge is 0.480 e. The Hall–Kier alpha value is -3.36. The van der Waals surface area contributed by atoms with Gasteiger partial charge < -0.3 is 9.84 Å². The van der Waals surface area contributed by atoms with E-state index in [1.54, 1.807) is 41.2 Å². The van der Waals surface area contributed by atoms with E-state index in [1.165, 1.54) is 4.31 Å². The van der Waals surface area contributed by atoms with Gasteiger partial charge in [0.25, 0.3) is 5.91 Å². The van der Waals surface area contributed by atoms with Gasteiger partial charge in [-0.05, 0) is 44.2 Å². The zero-order valence-electron chi connectivity index (χ0n) is 21.6. The normalized spacial score (nSPS) is 21.4. The van der Waals surface area contributed by atoms with Crippen LogP contribution in [-0.2, 0) is 24.3 Å². The second-order valence-corrected chi connectivity index (χ2v) is 13.1. The number of aromatic nitrogens is 2. The summed E-state index contributed by atoms with van der Waals surface area (Å²) in [4.78, 5) is 25.6. The van der Waals surface area contributed by atoms with Gasteiger partial charge in [-0.25, -0.2) is 13.1 Å². The number of sulfonamides is 1. The van der Waals surface area contributed by atoms with Gasteiger partial charge in [0.1, 0.15) is 16.6 Å². The fourth-order valence-corrected chi connectivity index (χ4v) is 7.51. The van der Waals surface area contributed by atoms with Crippen molar-refractivity contribution in [2.24, 2.45) is 0 Å². The van der Waals surface area contributed by atoms with Crippen LogP contribution in [0.4, 0.5) is 0 Å². The van der Waals surface area contributed by atoms with E-state index in [2.05, 4.69) is 0 Å². The Morgan fingerprint density at radius 1 is 1.15 bits per heavy atom. The van der Waals surface area contributed by atoms with Gasteiger partial charge >= 0.3 is 5.97 Å². The van der Waals surface area contributed by atoms with Crippen molar-refractivity contribution in [2.45, 2.75) is 31.0 Å². The smallest absolute Gasteiger partial charge is 0.323 e. The van der Waals surface area contributed by atoms with Crippen molar-refractivity contribution in [3.05, 3.63) is 71.3 Å². The van der Waals surface area contributed by atoms with Crippen LogP contribution in [-0.4, -0.2) is 80.5 Å². The first-order valence-corrected chi connectivity index (χ1v) is 15.1. The molecule has 0 spiro atoms. The van der Waals surface area contributed by atoms with Crippen LogP contribution in [0, 0.1) is 0 Å². The topological polar surface area (TPSA) is 122 Å². The van der Waals surface area contributed by atoms with Gasteiger partial charge in [0.2, 0.25) is 10.0 Å². The van der Waals surface area contributed by atoms with Crippen LogP contribution < -0.4 is 0 Å². The molecule has 13 heteroatoms. The van der Waals surface area contributed by atoms with E-state index in [9.17, 15) is 18.0 Å². The van der Waals surface area contributed by atoms with Crippen LogP contribution in [0.25, 0.3) is 23.0 Å². The second kappa shape index (κ2) is 11.3. The molecule has 3 aromatic rings. The summed E-state index contributed by atoms with van der Waals surface area (Å²) in [5, 5.41) is 13.9. The number of nitrogens with zero attached hydrogens (tertiary/aromatic N) is 4. The van der Waals surface area contributed by atoms with Crippen LogP contribution in [0.15, 0.2) is 70.6 Å². The number of aliphatic carboxylic acids is 1. The number of benzene rings is 2. The van der Waals surface area contributed by atoms with E-state index in [0.717, 1.165) is 22.3 Å². The number of carboxylic acids is 1. The SMILES string of the molecule is C[C@H]1CN(S(=O)(=O)c2cccc(-c3nn(-c4ccccc4)cc3/C=C3\SC(=S)N(CC(=O)O)C3=O)c2)C[C@H](C)O1. The first-order valence-electron chi connectivity index (χ1n) is 12.4. The van der Waals surface area contributed by atoms with Crippen molar-refractivity contribution in [3.8, 4) is 16.9 Å². The number of ether oxygens (including phenoxy) is 1. The number of carbonyl (C=O) groups excluding carboxylic acids is 1. The van der Waals surface area contributed by atoms with Gasteiger partial charge in [-0.1, -0.05) is 54.3 Å². The molecule has 208 valence electrons. The maximum Gasteiger partial charge on any atom is 0.323 e. The molecular weight excluding hydrogens is 573 g/mol. The number of morpholine rings is 1. The molecule has 5 rings (SSSR count). The maximum absolute atomic E-state index is 13.6. The molecule has 2 fully saturated rings. The summed E-state index contributed by atoms with van der Waals surface area (Å²) in [6.07, 6.45) is 2.89. The van der Waals surface area contributed by atoms with E-state index in [4.69, 9.17) is 27.2 Å². The van der Waals surface area contributed by atoms with Crippen molar-refractivity contribution >= 4 is 56.3 Å². The summed E-state index contributed by atoms with van der Waals surface area (Å²) in [6, 6.07) is 15.9. The Balaban J connectivity index is 1.57. The second-order valence-electron chi connectivity index (χ2n) is 9.48. The Labute approximate surface area is 241 Å². The first kappa shape index (κ1) is 28.2. The molecule has 2 aliphatic rings. The van der Waals surface area contributed by atoms with Gasteiger partial charge in [-0.15, -0.1) is 0 Å². The molecule has 0 saturated carbocycles. The van der Waals surface area contributed by atoms with Crippen molar-refractivity contribution in [1.82, 2.24) is 19.0 Å². The number of para-hydroxylation sites is 1. The van der Waals surface area contributed by atoms with Crippen molar-refractivity contribution < 1.29 is 27.9 Å². The highest BCUT2D eigenvalue weighted by Gasteiger charge is 2.34. The lowest BCUT2D eigenvalue weighted by Gasteiger charge is -2.34. The Morgan fingerprint density at radius 2 is 1.85 bits per heavy atom. The maximum atomic E-state index is 13.6. The van der Waals surface area contributed by atoms with Crippen molar-refractivity contribution in [2.75, 3.05) is 19.6 Å². The van der Waals surface area contributed by atoms with Gasteiger partial charge in [-0.2, -0.15) is 9.40 Å². The number of thiocarbonyl (C=S) groups is 1. The van der Waals surface area contributed by atoms with Gasteiger partial charge in [0, 0.05) is 30.4 Å². The minimum Gasteiger partial charge on any atom is -0.480 e. The standard InChI is InChI=1S/C27H26N4O6S3/c1-17-13-29(14-18(2)37-17)40(35,36)22-10-6-7-19(11-22)25-20(15-31(28-25)21-8-4-3-5-9-21)12-23-26(34)30(16-24(32)33)27(38)39-23/h3-12,15,17-18H,13-14,16H2,1-2H3,(H,32,33)/b23-12-/t17-,18-/m0/s1. The molecule has 2 aliphatic heterocycles. The lowest BCUT2D eigenvalue weighted by molar-refractivity contribution is -0.140. The molecule has 2 atom stereocenters. The van der Waals surface area contributed by atoms with Gasteiger partial charge in [0.05, 0.1) is 27.7 Å². The number of carboxylic acid groups (broad SMARTS) is 1. The Bertz CT molecular complexity index is 1610. The number of hydrogen-bond acceptors (Lipinski definition) is 8. The number of hydrogen-bond donors (Lipinski definition) is 1. The molecule has 40 heavy (non-hydrogen) atoms. The number of thioether (sulfide) groups is 1. The monoisotopic (exact) mass is 598 g/mol. The Kier molecular flexibility index (Phi) is 7.93. The number of rotatable bonds is 7. The summed E-state index contributed by atoms with van der Waals surface area (Å²) in [6.45, 7) is 3.66. The molecule has 0 unspecified atom stereocenters. The van der Waals surface area contributed by atoms with E-state index in [0.29, 0.717) is 16.8 Å². The van der Waals surface area contributed by atoms with E-state index >= 15 is 0 Å². The van der Waals surface area contributed by atoms with E-state index < -0.39 is 28.4 Å². The molecular formula is C27H26N4O6S3. The summed E-state index contributed by atoms with van der Waals surface area (Å²) in [5.74, 6) is -1.68. The van der Waals surface area contributed by atoms with Gasteiger partial charge in [0.15, 0.2) is 0 Å². The highest BCUT2D eigenvalue weighted by molar-refractivity contribution is 8.26. The molecule has 1 amide bonds. The highest BCUT2D eigenvalue weighted by Crippen LogP contribution is 2.35. The third-order valence-electron chi connectivity index (χ3n) is 6.35. The van der Waals surface area contributed by atoms with Crippen LogP contribution in [0.5, 0.6) is 0 Å². The molecule has 0 aliphatic carbocycles. The highest BCUT2D eigenvalue weighted by atomic mass is 32.2. The number of amides is 1. The first-order chi connectivity index (χ1) is 19.0. The van der Waals surface area contributed by atoms with Crippen LogP contribution in [0.1, 0.15) is 19.4 Å². The van der Waals surface area contributed by atoms with Crippen molar-refractivity contribution in [1.29, 1.82) is 0 Å². The Morgan fingerprint density at radius 3 is 2.52 bits per heavy atom. The molecule has 10 nitrogen and oxygen atoms in total. The average molecular weight is 599 g/mol. The third kappa shape index (κ3) is 5.74. The lowest BCUT2D eigenvalue weighted by Crippen LogP contribution is -2.48. The fourth-order valence-electron chi connectivity index (χ4n) is 4.62. The predicted molar refractivity (Wildman–Crippen MR) is 155 cm³/mol. The average Bonchev–Trinajstić information content (AvgIpc) is 3.45. The van der Waals surface area contributed by atoms with Crippen LogP contribution >= 0.6 is 24.0 Å². The molecule has 2 saturated heterocycles. The van der Waals surface area contributed by atoms with Crippen LogP contribution in [0.3, 0.4) is 0 Å². The summed E-state index contributed by atoms with van der Waals surface area (Å²) >= 11 is 6.25. The molecule has 0 radical (unpaired) electrons. The lowest BCUT2D eigenvalue weighted by atomic mass is 10.1. The summed E-state index contributed by atoms with van der Waals surface area (Å²) in [7, 11) is -3.81. The molecule has 3 heterocycles. The zero-order chi connectivity index (χ0) is 28.6. The minimum atomic E-state index is -3.81. The summed E-state index contributed by atoms with van der Waals surface area (Å²) < 4.78 is 36.1. The quantitative estimate of drug-likeness (QED) is 0.321. The predicted octanol–water partition coefficient (Wildman–Crippen LogP) is 3.62. The van der Waals surface area contributed by atoms with Gasteiger partial charge in [-0.3, -0.25) is 14.5 Å². The van der Waals surface area contributed by atoms with Crippen molar-refractivity contribution in [3.63, 3.8) is 0 Å². The fraction of sp³-hybridized carbons (Fsp3) is 0.259. The minimum absolute atomic E-state index is 0.124.